The summed E-state index contributed by atoms with van der Waals surface area (Å²) in [5.41, 5.74) is 0. The molecule has 2 N–H and O–H groups in total. The van der Waals surface area contributed by atoms with Crippen molar-refractivity contribution in [3.63, 3.8) is 0 Å². The van der Waals surface area contributed by atoms with Crippen LogP contribution in [-0.2, 0) is 14.8 Å². The fourth-order valence-corrected chi connectivity index (χ4v) is 2.18. The van der Waals surface area contributed by atoms with Gasteiger partial charge in [0, 0.05) is 6.61 Å². The van der Waals surface area contributed by atoms with E-state index in [1.54, 1.807) is 6.92 Å². The van der Waals surface area contributed by atoms with Gasteiger partial charge in [0.25, 0.3) is 0 Å². The number of primary sulfonamides is 1. The third-order valence-corrected chi connectivity index (χ3v) is 3.19. The average molecular weight is 165 g/mol. The highest BCUT2D eigenvalue weighted by atomic mass is 32.2. The van der Waals surface area contributed by atoms with E-state index in [1.165, 1.54) is 0 Å². The Balaban J connectivity index is 2.74. The molecule has 5 heteroatoms. The zero-order chi connectivity index (χ0) is 7.78. The summed E-state index contributed by atoms with van der Waals surface area (Å²) in [4.78, 5) is 0. The summed E-state index contributed by atoms with van der Waals surface area (Å²) in [7, 11) is -3.38. The topological polar surface area (TPSA) is 69.4 Å². The highest BCUT2D eigenvalue weighted by molar-refractivity contribution is 7.89. The maximum atomic E-state index is 10.7. The Kier molecular flexibility index (Phi) is 1.98. The van der Waals surface area contributed by atoms with Gasteiger partial charge in [0.2, 0.25) is 10.0 Å². The molecule has 60 valence electrons. The molecule has 0 radical (unpaired) electrons. The van der Waals surface area contributed by atoms with Crippen LogP contribution in [0.2, 0.25) is 0 Å². The zero-order valence-corrected chi connectivity index (χ0v) is 6.60. The van der Waals surface area contributed by atoms with Crippen LogP contribution in [0.5, 0.6) is 0 Å². The van der Waals surface area contributed by atoms with Crippen molar-refractivity contribution in [1.29, 1.82) is 0 Å². The smallest absolute Gasteiger partial charge is 0.214 e. The lowest BCUT2D eigenvalue weighted by Gasteiger charge is -2.09. The first-order chi connectivity index (χ1) is 4.52. The highest BCUT2D eigenvalue weighted by Crippen LogP contribution is 2.18. The van der Waals surface area contributed by atoms with Crippen LogP contribution in [0, 0.1) is 0 Å². The SMILES string of the molecule is C[C@@H]1OCC[C@H]1S(N)(=O)=O. The first-order valence-electron chi connectivity index (χ1n) is 3.15. The molecule has 2 atom stereocenters. The molecule has 0 unspecified atom stereocenters. The van der Waals surface area contributed by atoms with E-state index in [4.69, 9.17) is 9.88 Å². The Morgan fingerprint density at radius 3 is 2.40 bits per heavy atom. The van der Waals surface area contributed by atoms with Crippen molar-refractivity contribution < 1.29 is 13.2 Å². The van der Waals surface area contributed by atoms with Gasteiger partial charge in [-0.25, -0.2) is 13.6 Å². The van der Waals surface area contributed by atoms with Crippen LogP contribution >= 0.6 is 0 Å². The number of ether oxygens (including phenoxy) is 1. The molecule has 0 aromatic heterocycles. The minimum Gasteiger partial charge on any atom is -0.377 e. The molecular weight excluding hydrogens is 154 g/mol. The van der Waals surface area contributed by atoms with Gasteiger partial charge in [-0.15, -0.1) is 0 Å². The van der Waals surface area contributed by atoms with Crippen molar-refractivity contribution in [2.75, 3.05) is 6.61 Å². The second-order valence-corrected chi connectivity index (χ2v) is 4.28. The zero-order valence-electron chi connectivity index (χ0n) is 5.78. The van der Waals surface area contributed by atoms with Crippen LogP contribution in [0.3, 0.4) is 0 Å². The summed E-state index contributed by atoms with van der Waals surface area (Å²) in [6, 6.07) is 0. The third kappa shape index (κ3) is 1.47. The molecular formula is C5H11NO3S. The quantitative estimate of drug-likeness (QED) is 0.567. The summed E-state index contributed by atoms with van der Waals surface area (Å²) in [5, 5.41) is 4.43. The predicted octanol–water partition coefficient (Wildman–Crippen LogP) is -0.548. The fraction of sp³-hybridized carbons (Fsp3) is 1.00. The van der Waals surface area contributed by atoms with Gasteiger partial charge in [0.15, 0.2) is 0 Å². The lowest BCUT2D eigenvalue weighted by Crippen LogP contribution is -2.33. The Hall–Kier alpha value is -0.130. The number of hydrogen-bond donors (Lipinski definition) is 1. The van der Waals surface area contributed by atoms with E-state index < -0.39 is 15.3 Å². The molecule has 1 aliphatic rings. The monoisotopic (exact) mass is 165 g/mol. The number of nitrogens with two attached hydrogens (primary N) is 1. The molecule has 1 aliphatic heterocycles. The molecule has 4 nitrogen and oxygen atoms in total. The Morgan fingerprint density at radius 1 is 1.60 bits per heavy atom. The maximum Gasteiger partial charge on any atom is 0.214 e. The number of rotatable bonds is 1. The summed E-state index contributed by atoms with van der Waals surface area (Å²) in [6.45, 7) is 2.23. The second-order valence-electron chi connectivity index (χ2n) is 2.49. The summed E-state index contributed by atoms with van der Waals surface area (Å²) >= 11 is 0. The molecule has 0 aliphatic carbocycles. The van der Waals surface area contributed by atoms with Gasteiger partial charge in [-0.2, -0.15) is 0 Å². The van der Waals surface area contributed by atoms with Crippen LogP contribution in [0.25, 0.3) is 0 Å². The molecule has 1 heterocycles. The fourth-order valence-electron chi connectivity index (χ4n) is 1.14. The van der Waals surface area contributed by atoms with E-state index >= 15 is 0 Å². The van der Waals surface area contributed by atoms with Gasteiger partial charge in [-0.1, -0.05) is 0 Å². The molecule has 1 rings (SSSR count). The Bertz CT molecular complexity index is 211. The van der Waals surface area contributed by atoms with Crippen LogP contribution in [0.1, 0.15) is 13.3 Å². The van der Waals surface area contributed by atoms with Gasteiger partial charge in [0.05, 0.1) is 6.10 Å². The largest absolute Gasteiger partial charge is 0.377 e. The normalized spacial score (nSPS) is 34.6. The summed E-state index contributed by atoms with van der Waals surface area (Å²) in [6.07, 6.45) is 0.287. The molecule has 10 heavy (non-hydrogen) atoms. The van der Waals surface area contributed by atoms with Gasteiger partial charge in [-0.3, -0.25) is 0 Å². The molecule has 0 bridgehead atoms. The standard InChI is InChI=1S/C5H11NO3S/c1-4-5(2-3-9-4)10(6,7)8/h4-5H,2-3H2,1H3,(H2,6,7,8)/t4-,5+/m0/s1. The number of sulfonamides is 1. The third-order valence-electron chi connectivity index (χ3n) is 1.73. The van der Waals surface area contributed by atoms with Crippen molar-refractivity contribution in [3.8, 4) is 0 Å². The van der Waals surface area contributed by atoms with E-state index in [0.717, 1.165) is 0 Å². The summed E-state index contributed by atoms with van der Waals surface area (Å²) < 4.78 is 26.5. The van der Waals surface area contributed by atoms with Crippen LogP contribution < -0.4 is 5.14 Å². The molecule has 0 amide bonds. The predicted molar refractivity (Wildman–Crippen MR) is 36.9 cm³/mol. The van der Waals surface area contributed by atoms with E-state index in [1.807, 2.05) is 0 Å². The van der Waals surface area contributed by atoms with Crippen molar-refractivity contribution in [3.05, 3.63) is 0 Å². The van der Waals surface area contributed by atoms with Crippen molar-refractivity contribution >= 4 is 10.0 Å². The van der Waals surface area contributed by atoms with Gasteiger partial charge < -0.3 is 4.74 Å². The first kappa shape index (κ1) is 7.97. The van der Waals surface area contributed by atoms with Crippen LogP contribution in [-0.4, -0.2) is 26.4 Å². The van der Waals surface area contributed by atoms with Crippen LogP contribution in [0.15, 0.2) is 0 Å². The van der Waals surface area contributed by atoms with E-state index in [2.05, 4.69) is 0 Å². The van der Waals surface area contributed by atoms with Gasteiger partial charge in [0.1, 0.15) is 5.25 Å². The number of hydrogen-bond acceptors (Lipinski definition) is 3. The van der Waals surface area contributed by atoms with E-state index in [9.17, 15) is 8.42 Å². The van der Waals surface area contributed by atoms with Crippen molar-refractivity contribution in [2.24, 2.45) is 5.14 Å². The van der Waals surface area contributed by atoms with Crippen molar-refractivity contribution in [2.45, 2.75) is 24.7 Å². The van der Waals surface area contributed by atoms with E-state index in [-0.39, 0.29) is 6.10 Å². The molecule has 1 fully saturated rings. The lowest BCUT2D eigenvalue weighted by atomic mass is 10.3. The summed E-state index contributed by atoms with van der Waals surface area (Å²) in [5.74, 6) is 0. The van der Waals surface area contributed by atoms with Gasteiger partial charge in [-0.05, 0) is 13.3 Å². The minimum absolute atomic E-state index is 0.241. The average Bonchev–Trinajstić information content (AvgIpc) is 2.11. The molecule has 0 aromatic rings. The Morgan fingerprint density at radius 2 is 2.20 bits per heavy atom. The first-order valence-corrected chi connectivity index (χ1v) is 4.76. The van der Waals surface area contributed by atoms with E-state index in [0.29, 0.717) is 13.0 Å². The Labute approximate surface area is 60.4 Å². The van der Waals surface area contributed by atoms with Gasteiger partial charge >= 0.3 is 0 Å². The highest BCUT2D eigenvalue weighted by Gasteiger charge is 2.32. The molecule has 1 saturated heterocycles. The maximum absolute atomic E-state index is 10.7. The second kappa shape index (κ2) is 2.48. The van der Waals surface area contributed by atoms with Crippen LogP contribution in [0.4, 0.5) is 0 Å². The molecule has 0 spiro atoms. The minimum atomic E-state index is -3.38. The molecule has 0 aromatic carbocycles. The lowest BCUT2D eigenvalue weighted by molar-refractivity contribution is 0.126. The van der Waals surface area contributed by atoms with Crippen molar-refractivity contribution in [1.82, 2.24) is 0 Å². The molecule has 0 saturated carbocycles.